The van der Waals surface area contributed by atoms with E-state index in [2.05, 4.69) is 62.5 Å². The van der Waals surface area contributed by atoms with Gasteiger partial charge in [0.1, 0.15) is 12.6 Å². The molecule has 0 aromatic rings. The van der Waals surface area contributed by atoms with Gasteiger partial charge in [-0.15, -0.1) is 0 Å². The van der Waals surface area contributed by atoms with Crippen LogP contribution in [0.5, 0.6) is 0 Å². The molecule has 0 saturated heterocycles. The summed E-state index contributed by atoms with van der Waals surface area (Å²) in [6, 6.07) is -0.731. The highest BCUT2D eigenvalue weighted by atomic mass is 16.6. The molecule has 0 aromatic carbocycles. The molecule has 8 heteroatoms. The maximum atomic E-state index is 12.6. The minimum absolute atomic E-state index is 0.0249. The summed E-state index contributed by atoms with van der Waals surface area (Å²) in [5.74, 6) is -1.79. The normalized spacial score (nSPS) is 13.6. The quantitative estimate of drug-likeness (QED) is 0.0295. The van der Waals surface area contributed by atoms with Crippen molar-refractivity contribution >= 4 is 17.9 Å². The number of likely N-dealkylation sites (N-methyl/N-ethyl adjacent to an activating group) is 1. The van der Waals surface area contributed by atoms with Crippen molar-refractivity contribution in [2.45, 2.75) is 154 Å². The molecule has 0 bridgehead atoms. The van der Waals surface area contributed by atoms with Crippen LogP contribution in [0, 0.1) is 0 Å². The van der Waals surface area contributed by atoms with Crippen molar-refractivity contribution in [3.8, 4) is 0 Å². The molecular formula is C41H71NO7. The molecule has 2 unspecified atom stereocenters. The molecule has 0 aliphatic heterocycles. The Morgan fingerprint density at radius 1 is 0.633 bits per heavy atom. The zero-order valence-electron chi connectivity index (χ0n) is 31.8. The summed E-state index contributed by atoms with van der Waals surface area (Å²) in [5, 5.41) is 11.6. The average Bonchev–Trinajstić information content (AvgIpc) is 3.05. The number of esters is 2. The number of ether oxygens (including phenoxy) is 3. The maximum Gasteiger partial charge on any atom is 0.306 e. The van der Waals surface area contributed by atoms with Crippen LogP contribution in [0.4, 0.5) is 0 Å². The summed E-state index contributed by atoms with van der Waals surface area (Å²) < 4.78 is 17.0. The first-order valence-electron chi connectivity index (χ1n) is 19.2. The average molecular weight is 690 g/mol. The van der Waals surface area contributed by atoms with E-state index in [0.29, 0.717) is 6.42 Å². The fourth-order valence-electron chi connectivity index (χ4n) is 5.19. The fraction of sp³-hybridized carbons (Fsp3) is 0.732. The Hall–Kier alpha value is -2.71. The summed E-state index contributed by atoms with van der Waals surface area (Å²) in [7, 11) is 5.38. The number of nitrogens with zero attached hydrogens (tertiary/aromatic N) is 1. The number of rotatable bonds is 33. The van der Waals surface area contributed by atoms with E-state index in [4.69, 9.17) is 14.2 Å². The van der Waals surface area contributed by atoms with Gasteiger partial charge in [0.05, 0.1) is 40.3 Å². The topological polar surface area (TPSA) is 102 Å². The van der Waals surface area contributed by atoms with E-state index in [1.807, 2.05) is 0 Å². The molecule has 0 heterocycles. The Labute approximate surface area is 299 Å². The van der Waals surface area contributed by atoms with Gasteiger partial charge in [-0.25, -0.2) is 0 Å². The number of aliphatic carboxylic acids is 1. The second-order valence-corrected chi connectivity index (χ2v) is 13.8. The monoisotopic (exact) mass is 690 g/mol. The van der Waals surface area contributed by atoms with Gasteiger partial charge >= 0.3 is 11.9 Å². The summed E-state index contributed by atoms with van der Waals surface area (Å²) in [5.41, 5.74) is 0. The second kappa shape index (κ2) is 32.5. The van der Waals surface area contributed by atoms with Crippen LogP contribution in [-0.2, 0) is 28.6 Å². The van der Waals surface area contributed by atoms with Gasteiger partial charge in [-0.1, -0.05) is 101 Å². The van der Waals surface area contributed by atoms with Gasteiger partial charge in [-0.3, -0.25) is 9.59 Å². The highest BCUT2D eigenvalue weighted by molar-refractivity contribution is 5.70. The van der Waals surface area contributed by atoms with Crippen molar-refractivity contribution in [3.05, 3.63) is 48.6 Å². The van der Waals surface area contributed by atoms with Crippen LogP contribution in [0.3, 0.4) is 0 Å². The highest BCUT2D eigenvalue weighted by Gasteiger charge is 2.25. The van der Waals surface area contributed by atoms with Crippen LogP contribution < -0.4 is 5.11 Å². The lowest BCUT2D eigenvalue weighted by molar-refractivity contribution is -0.889. The van der Waals surface area contributed by atoms with Gasteiger partial charge in [-0.05, 0) is 70.6 Å². The molecule has 282 valence electrons. The largest absolute Gasteiger partial charge is 0.544 e. The van der Waals surface area contributed by atoms with Gasteiger partial charge in [-0.2, -0.15) is 0 Å². The molecule has 0 radical (unpaired) electrons. The van der Waals surface area contributed by atoms with E-state index in [0.717, 1.165) is 77.0 Å². The Morgan fingerprint density at radius 2 is 1.14 bits per heavy atom. The molecule has 0 aliphatic rings. The first-order valence-corrected chi connectivity index (χ1v) is 19.2. The first kappa shape index (κ1) is 46.3. The smallest absolute Gasteiger partial charge is 0.306 e. The number of carbonyl (C=O) groups is 3. The lowest BCUT2D eigenvalue weighted by atomic mass is 10.1. The predicted octanol–water partition coefficient (Wildman–Crippen LogP) is 8.35. The third-order valence-corrected chi connectivity index (χ3v) is 8.20. The van der Waals surface area contributed by atoms with Crippen LogP contribution in [0.2, 0.25) is 0 Å². The zero-order valence-corrected chi connectivity index (χ0v) is 31.8. The van der Waals surface area contributed by atoms with Crippen LogP contribution in [0.25, 0.3) is 0 Å². The van der Waals surface area contributed by atoms with Crippen molar-refractivity contribution in [3.63, 3.8) is 0 Å². The number of allylic oxidation sites excluding steroid dienone is 8. The van der Waals surface area contributed by atoms with Crippen LogP contribution in [0.15, 0.2) is 48.6 Å². The van der Waals surface area contributed by atoms with Crippen molar-refractivity contribution in [2.75, 3.05) is 41.0 Å². The molecule has 2 atom stereocenters. The number of unbranched alkanes of at least 4 members (excludes halogenated alkanes) is 11. The molecule has 49 heavy (non-hydrogen) atoms. The van der Waals surface area contributed by atoms with E-state index in [-0.39, 0.29) is 49.1 Å². The van der Waals surface area contributed by atoms with E-state index < -0.39 is 18.1 Å². The number of carboxylic acids is 1. The third kappa shape index (κ3) is 31.0. The van der Waals surface area contributed by atoms with Crippen LogP contribution >= 0.6 is 0 Å². The SMILES string of the molecule is CC/C=C\C/C=C\C/C=C\CCCCCC(=O)OC(COCCC(C(=O)[O-])[N+](C)(C)C)COC(=O)CCCCCCC/C=C\CCCCC. The van der Waals surface area contributed by atoms with Gasteiger partial charge < -0.3 is 28.6 Å². The highest BCUT2D eigenvalue weighted by Crippen LogP contribution is 2.12. The Balaban J connectivity index is 4.50. The van der Waals surface area contributed by atoms with Crippen molar-refractivity contribution < 1.29 is 38.2 Å². The van der Waals surface area contributed by atoms with E-state index in [1.54, 1.807) is 21.1 Å². The molecule has 0 N–H and O–H groups in total. The molecule has 0 spiro atoms. The number of hydrogen-bond donors (Lipinski definition) is 0. The van der Waals surface area contributed by atoms with Gasteiger partial charge in [0.25, 0.3) is 0 Å². The maximum absolute atomic E-state index is 12.6. The summed E-state index contributed by atoms with van der Waals surface area (Å²) in [4.78, 5) is 36.6. The van der Waals surface area contributed by atoms with Crippen molar-refractivity contribution in [2.24, 2.45) is 0 Å². The van der Waals surface area contributed by atoms with Gasteiger partial charge in [0.2, 0.25) is 0 Å². The lowest BCUT2D eigenvalue weighted by Gasteiger charge is -2.34. The second-order valence-electron chi connectivity index (χ2n) is 13.8. The molecule has 8 nitrogen and oxygen atoms in total. The van der Waals surface area contributed by atoms with Gasteiger partial charge in [0.15, 0.2) is 6.10 Å². The molecule has 0 aromatic heterocycles. The van der Waals surface area contributed by atoms with E-state index in [9.17, 15) is 19.5 Å². The first-order chi connectivity index (χ1) is 23.6. The number of quaternary nitrogens is 1. The number of carbonyl (C=O) groups excluding carboxylic acids is 3. The number of carboxylic acid groups (broad SMARTS) is 1. The van der Waals surface area contributed by atoms with Gasteiger partial charge in [0, 0.05) is 19.3 Å². The van der Waals surface area contributed by atoms with Crippen molar-refractivity contribution in [1.29, 1.82) is 0 Å². The predicted molar refractivity (Wildman–Crippen MR) is 199 cm³/mol. The van der Waals surface area contributed by atoms with Crippen LogP contribution in [0.1, 0.15) is 142 Å². The molecule has 0 saturated carbocycles. The van der Waals surface area contributed by atoms with E-state index >= 15 is 0 Å². The van der Waals surface area contributed by atoms with E-state index in [1.165, 1.54) is 32.1 Å². The Bertz CT molecular complexity index is 948. The zero-order chi connectivity index (χ0) is 36.4. The molecule has 0 aliphatic carbocycles. The number of hydrogen-bond acceptors (Lipinski definition) is 7. The molecule has 0 amide bonds. The minimum atomic E-state index is -1.13. The third-order valence-electron chi connectivity index (χ3n) is 8.20. The standard InChI is InChI=1S/C41H71NO7/c1-6-8-10-12-14-16-18-20-22-24-26-28-30-32-40(44)49-37(35-47-34-33-38(41(45)46)42(3,4)5)36-48-39(43)31-29-27-25-23-21-19-17-15-13-11-9-7-2/h8,10,14-17,20,22,37-38H,6-7,9,11-13,18-19,21,23-36H2,1-5H3/b10-8-,16-14-,17-15-,22-20-. The molecule has 0 rings (SSSR count). The fourth-order valence-corrected chi connectivity index (χ4v) is 5.19. The Kier molecular flexibility index (Phi) is 30.7. The molecular weight excluding hydrogens is 618 g/mol. The summed E-state index contributed by atoms with van der Waals surface area (Å²) in [6.07, 6.45) is 35.6. The minimum Gasteiger partial charge on any atom is -0.544 e. The Morgan fingerprint density at radius 3 is 1.73 bits per heavy atom. The summed E-state index contributed by atoms with van der Waals surface area (Å²) in [6.45, 7) is 4.45. The van der Waals surface area contributed by atoms with Crippen molar-refractivity contribution in [1.82, 2.24) is 0 Å². The summed E-state index contributed by atoms with van der Waals surface area (Å²) >= 11 is 0. The van der Waals surface area contributed by atoms with Crippen LogP contribution in [-0.4, -0.2) is 75.5 Å². The molecule has 0 fully saturated rings. The lowest BCUT2D eigenvalue weighted by Crippen LogP contribution is -2.55.